The van der Waals surface area contributed by atoms with E-state index in [0.717, 1.165) is 17.0 Å². The van der Waals surface area contributed by atoms with Gasteiger partial charge in [0, 0.05) is 23.7 Å². The minimum absolute atomic E-state index is 0.0101. The van der Waals surface area contributed by atoms with E-state index in [2.05, 4.69) is 4.98 Å². The molecule has 0 unspecified atom stereocenters. The first-order valence-corrected chi connectivity index (χ1v) is 5.72. The lowest BCUT2D eigenvalue weighted by atomic mass is 10.3. The molecule has 0 radical (unpaired) electrons. The van der Waals surface area contributed by atoms with Gasteiger partial charge in [-0.15, -0.1) is 11.3 Å². The van der Waals surface area contributed by atoms with Crippen LogP contribution in [0.1, 0.15) is 9.88 Å². The van der Waals surface area contributed by atoms with Crippen LogP contribution in [0.25, 0.3) is 0 Å². The molecule has 0 aliphatic rings. The van der Waals surface area contributed by atoms with E-state index in [1.54, 1.807) is 6.20 Å². The smallest absolute Gasteiger partial charge is 0.167 e. The van der Waals surface area contributed by atoms with Gasteiger partial charge in [0.15, 0.2) is 11.6 Å². The van der Waals surface area contributed by atoms with Crippen LogP contribution in [0.2, 0.25) is 0 Å². The van der Waals surface area contributed by atoms with Crippen LogP contribution >= 0.6 is 11.3 Å². The van der Waals surface area contributed by atoms with Gasteiger partial charge < -0.3 is 10.5 Å². The number of thiazole rings is 1. The van der Waals surface area contributed by atoms with Gasteiger partial charge >= 0.3 is 0 Å². The molecule has 6 heteroatoms. The molecule has 0 amide bonds. The topological polar surface area (TPSA) is 48.1 Å². The Balaban J connectivity index is 2.02. The Kier molecular flexibility index (Phi) is 3.65. The van der Waals surface area contributed by atoms with Crippen molar-refractivity contribution in [3.63, 3.8) is 0 Å². The summed E-state index contributed by atoms with van der Waals surface area (Å²) in [4.78, 5) is 5.00. The second-order valence-electron chi connectivity index (χ2n) is 3.29. The van der Waals surface area contributed by atoms with E-state index < -0.39 is 11.6 Å². The van der Waals surface area contributed by atoms with Gasteiger partial charge in [0.05, 0.1) is 0 Å². The molecule has 0 saturated carbocycles. The number of rotatable bonds is 4. The molecule has 3 nitrogen and oxygen atoms in total. The first-order valence-electron chi connectivity index (χ1n) is 4.90. The summed E-state index contributed by atoms with van der Waals surface area (Å²) in [7, 11) is 0. The minimum atomic E-state index is -0.722. The number of halogens is 2. The summed E-state index contributed by atoms with van der Waals surface area (Å²) in [6, 6.07) is 3.18. The van der Waals surface area contributed by atoms with Crippen molar-refractivity contribution in [2.75, 3.05) is 0 Å². The lowest BCUT2D eigenvalue weighted by Gasteiger charge is -2.04. The molecule has 1 heterocycles. The average molecular weight is 256 g/mol. The van der Waals surface area contributed by atoms with Gasteiger partial charge in [0.25, 0.3) is 0 Å². The van der Waals surface area contributed by atoms with Crippen LogP contribution in [0, 0.1) is 11.6 Å². The van der Waals surface area contributed by atoms with Crippen LogP contribution in [-0.2, 0) is 13.2 Å². The largest absolute Gasteiger partial charge is 0.483 e. The first kappa shape index (κ1) is 11.9. The van der Waals surface area contributed by atoms with Crippen molar-refractivity contribution in [2.45, 2.75) is 13.2 Å². The quantitative estimate of drug-likeness (QED) is 0.914. The van der Waals surface area contributed by atoms with Gasteiger partial charge in [0.2, 0.25) is 0 Å². The molecule has 90 valence electrons. The molecule has 0 bridgehead atoms. The van der Waals surface area contributed by atoms with E-state index in [9.17, 15) is 8.78 Å². The van der Waals surface area contributed by atoms with Crippen LogP contribution in [-0.4, -0.2) is 4.98 Å². The first-order chi connectivity index (χ1) is 8.19. The minimum Gasteiger partial charge on any atom is -0.483 e. The van der Waals surface area contributed by atoms with Gasteiger partial charge in [-0.05, 0) is 12.1 Å². The van der Waals surface area contributed by atoms with Gasteiger partial charge in [-0.3, -0.25) is 0 Å². The number of ether oxygens (including phenoxy) is 1. The fraction of sp³-hybridized carbons (Fsp3) is 0.182. The molecular formula is C11H10F2N2OS. The van der Waals surface area contributed by atoms with Crippen molar-refractivity contribution in [3.05, 3.63) is 45.9 Å². The molecular weight excluding hydrogens is 246 g/mol. The second kappa shape index (κ2) is 5.20. The van der Waals surface area contributed by atoms with E-state index in [-0.39, 0.29) is 12.4 Å². The zero-order valence-electron chi connectivity index (χ0n) is 8.82. The van der Waals surface area contributed by atoms with E-state index in [4.69, 9.17) is 10.5 Å². The maximum absolute atomic E-state index is 13.2. The summed E-state index contributed by atoms with van der Waals surface area (Å²) in [5, 5.41) is 0.703. The highest BCUT2D eigenvalue weighted by molar-refractivity contribution is 7.11. The Morgan fingerprint density at radius 1 is 1.35 bits per heavy atom. The van der Waals surface area contributed by atoms with Crippen molar-refractivity contribution in [1.82, 2.24) is 4.98 Å². The molecule has 17 heavy (non-hydrogen) atoms. The summed E-state index contributed by atoms with van der Waals surface area (Å²) >= 11 is 1.40. The van der Waals surface area contributed by atoms with E-state index >= 15 is 0 Å². The van der Waals surface area contributed by atoms with Gasteiger partial charge in [-0.1, -0.05) is 0 Å². The standard InChI is InChI=1S/C11H10F2N2OS/c12-7-1-2-10(9(13)3-7)16-6-11-15-5-8(4-14)17-11/h1-3,5H,4,6,14H2. The second-order valence-corrected chi connectivity index (χ2v) is 4.49. The molecule has 0 aliphatic carbocycles. The average Bonchev–Trinajstić information content (AvgIpc) is 2.76. The summed E-state index contributed by atoms with van der Waals surface area (Å²) in [5.74, 6) is -1.34. The maximum Gasteiger partial charge on any atom is 0.167 e. The van der Waals surface area contributed by atoms with Crippen LogP contribution < -0.4 is 10.5 Å². The molecule has 1 aromatic heterocycles. The van der Waals surface area contributed by atoms with Crippen molar-refractivity contribution < 1.29 is 13.5 Å². The van der Waals surface area contributed by atoms with Gasteiger partial charge in [-0.2, -0.15) is 0 Å². The van der Waals surface area contributed by atoms with E-state index in [0.29, 0.717) is 11.6 Å². The Morgan fingerprint density at radius 3 is 2.82 bits per heavy atom. The third-order valence-electron chi connectivity index (χ3n) is 2.05. The summed E-state index contributed by atoms with van der Waals surface area (Å²) in [5.41, 5.74) is 5.44. The number of aromatic nitrogens is 1. The molecule has 2 N–H and O–H groups in total. The van der Waals surface area contributed by atoms with Crippen LogP contribution in [0.15, 0.2) is 24.4 Å². The lowest BCUT2D eigenvalue weighted by Crippen LogP contribution is -1.97. The highest BCUT2D eigenvalue weighted by Gasteiger charge is 2.06. The molecule has 2 aromatic rings. The molecule has 0 atom stereocenters. The molecule has 0 fully saturated rings. The predicted molar refractivity (Wildman–Crippen MR) is 60.7 cm³/mol. The molecule has 2 rings (SSSR count). The SMILES string of the molecule is NCc1cnc(COc2ccc(F)cc2F)s1. The van der Waals surface area contributed by atoms with Crippen molar-refractivity contribution >= 4 is 11.3 Å². The normalized spacial score (nSPS) is 10.5. The Morgan fingerprint density at radius 2 is 2.18 bits per heavy atom. The fourth-order valence-electron chi connectivity index (χ4n) is 1.24. The molecule has 1 aromatic carbocycles. The van der Waals surface area contributed by atoms with Crippen molar-refractivity contribution in [2.24, 2.45) is 5.73 Å². The maximum atomic E-state index is 13.2. The van der Waals surface area contributed by atoms with Crippen molar-refractivity contribution in [3.8, 4) is 5.75 Å². The van der Waals surface area contributed by atoms with Crippen LogP contribution in [0.4, 0.5) is 8.78 Å². The van der Waals surface area contributed by atoms with Crippen LogP contribution in [0.5, 0.6) is 5.75 Å². The third kappa shape index (κ3) is 2.98. The molecule has 0 aliphatic heterocycles. The number of hydrogen-bond acceptors (Lipinski definition) is 4. The number of benzene rings is 1. The Labute approximate surface area is 101 Å². The molecule has 0 spiro atoms. The van der Waals surface area contributed by atoms with E-state index in [1.165, 1.54) is 17.4 Å². The summed E-state index contributed by atoms with van der Waals surface area (Å²) < 4.78 is 31.1. The Bertz CT molecular complexity index is 516. The number of nitrogens with two attached hydrogens (primary N) is 1. The van der Waals surface area contributed by atoms with Gasteiger partial charge in [0.1, 0.15) is 17.4 Å². The number of nitrogens with zero attached hydrogens (tertiary/aromatic N) is 1. The molecule has 0 saturated heterocycles. The lowest BCUT2D eigenvalue weighted by molar-refractivity contribution is 0.289. The monoisotopic (exact) mass is 256 g/mol. The van der Waals surface area contributed by atoms with E-state index in [1.807, 2.05) is 0 Å². The highest BCUT2D eigenvalue weighted by atomic mass is 32.1. The predicted octanol–water partition coefficient (Wildman–Crippen LogP) is 2.46. The zero-order valence-corrected chi connectivity index (χ0v) is 9.64. The fourth-order valence-corrected chi connectivity index (χ4v) is 1.96. The van der Waals surface area contributed by atoms with Crippen molar-refractivity contribution in [1.29, 1.82) is 0 Å². The Hall–Kier alpha value is -1.53. The van der Waals surface area contributed by atoms with Crippen LogP contribution in [0.3, 0.4) is 0 Å². The number of hydrogen-bond donors (Lipinski definition) is 1. The third-order valence-corrected chi connectivity index (χ3v) is 3.04. The summed E-state index contributed by atoms with van der Waals surface area (Å²) in [6.07, 6.45) is 1.66. The highest BCUT2D eigenvalue weighted by Crippen LogP contribution is 2.20. The summed E-state index contributed by atoms with van der Waals surface area (Å²) in [6.45, 7) is 0.565. The van der Waals surface area contributed by atoms with Gasteiger partial charge in [-0.25, -0.2) is 13.8 Å². The zero-order chi connectivity index (χ0) is 12.3.